The second-order valence-electron chi connectivity index (χ2n) is 5.31. The molecule has 0 aliphatic rings. The van der Waals surface area contributed by atoms with E-state index in [9.17, 15) is 0 Å². The molecule has 0 bridgehead atoms. The van der Waals surface area contributed by atoms with Crippen molar-refractivity contribution in [3.8, 4) is 5.75 Å². The molecular formula is C16H28N2O. The van der Waals surface area contributed by atoms with Gasteiger partial charge in [-0.2, -0.15) is 0 Å². The molecule has 3 heteroatoms. The zero-order valence-electron chi connectivity index (χ0n) is 12.9. The van der Waals surface area contributed by atoms with Gasteiger partial charge in [-0.05, 0) is 51.6 Å². The van der Waals surface area contributed by atoms with Crippen LogP contribution in [0.4, 0.5) is 0 Å². The van der Waals surface area contributed by atoms with Crippen LogP contribution in [-0.4, -0.2) is 37.7 Å². The Labute approximate surface area is 118 Å². The van der Waals surface area contributed by atoms with Crippen LogP contribution < -0.4 is 10.1 Å². The molecule has 1 aromatic carbocycles. The summed E-state index contributed by atoms with van der Waals surface area (Å²) in [7, 11) is 3.89. The monoisotopic (exact) mass is 264 g/mol. The SMILES string of the molecule is CCNC(C)CC(C)N(C)Cc1ccc(OC)cc1. The normalized spacial score (nSPS) is 14.4. The van der Waals surface area contributed by atoms with Crippen molar-refractivity contribution in [3.63, 3.8) is 0 Å². The van der Waals surface area contributed by atoms with Crippen LogP contribution in [0.3, 0.4) is 0 Å². The van der Waals surface area contributed by atoms with Gasteiger partial charge in [0.2, 0.25) is 0 Å². The van der Waals surface area contributed by atoms with Crippen molar-refractivity contribution < 1.29 is 4.74 Å². The van der Waals surface area contributed by atoms with E-state index < -0.39 is 0 Å². The number of nitrogens with zero attached hydrogens (tertiary/aromatic N) is 1. The second kappa shape index (κ2) is 8.18. The minimum atomic E-state index is 0.566. The van der Waals surface area contributed by atoms with Gasteiger partial charge in [-0.25, -0.2) is 0 Å². The van der Waals surface area contributed by atoms with E-state index in [2.05, 4.69) is 50.2 Å². The molecule has 0 aliphatic heterocycles. The molecule has 0 amide bonds. The van der Waals surface area contributed by atoms with Crippen LogP contribution in [0.15, 0.2) is 24.3 Å². The van der Waals surface area contributed by atoms with Crippen LogP contribution in [0.25, 0.3) is 0 Å². The van der Waals surface area contributed by atoms with E-state index in [1.54, 1.807) is 7.11 Å². The molecule has 108 valence electrons. The third-order valence-electron chi connectivity index (χ3n) is 3.59. The summed E-state index contributed by atoms with van der Waals surface area (Å²) in [4.78, 5) is 2.40. The van der Waals surface area contributed by atoms with Crippen LogP contribution in [0.2, 0.25) is 0 Å². The van der Waals surface area contributed by atoms with E-state index in [1.165, 1.54) is 12.0 Å². The highest BCUT2D eigenvalue weighted by molar-refractivity contribution is 5.27. The number of nitrogens with one attached hydrogen (secondary N) is 1. The van der Waals surface area contributed by atoms with Crippen molar-refractivity contribution in [1.29, 1.82) is 0 Å². The van der Waals surface area contributed by atoms with Crippen molar-refractivity contribution in [2.75, 3.05) is 20.7 Å². The van der Waals surface area contributed by atoms with Crippen LogP contribution in [0, 0.1) is 0 Å². The lowest BCUT2D eigenvalue weighted by molar-refractivity contribution is 0.223. The quantitative estimate of drug-likeness (QED) is 0.781. The Morgan fingerprint density at radius 2 is 1.84 bits per heavy atom. The van der Waals surface area contributed by atoms with Gasteiger partial charge in [0.25, 0.3) is 0 Å². The summed E-state index contributed by atoms with van der Waals surface area (Å²) in [5.74, 6) is 0.917. The van der Waals surface area contributed by atoms with Gasteiger partial charge in [0.05, 0.1) is 7.11 Å². The summed E-state index contributed by atoms with van der Waals surface area (Å²) in [6.07, 6.45) is 1.17. The Morgan fingerprint density at radius 1 is 1.21 bits per heavy atom. The minimum absolute atomic E-state index is 0.566. The zero-order valence-corrected chi connectivity index (χ0v) is 12.9. The van der Waals surface area contributed by atoms with Crippen LogP contribution in [0.5, 0.6) is 5.75 Å². The summed E-state index contributed by atoms with van der Waals surface area (Å²) in [5.41, 5.74) is 1.33. The van der Waals surface area contributed by atoms with Crippen LogP contribution >= 0.6 is 0 Å². The Morgan fingerprint density at radius 3 is 2.37 bits per heavy atom. The van der Waals surface area contributed by atoms with Gasteiger partial charge >= 0.3 is 0 Å². The second-order valence-corrected chi connectivity index (χ2v) is 5.31. The first-order valence-corrected chi connectivity index (χ1v) is 7.13. The fourth-order valence-electron chi connectivity index (χ4n) is 2.30. The van der Waals surface area contributed by atoms with Gasteiger partial charge in [0.1, 0.15) is 5.75 Å². The molecule has 0 saturated heterocycles. The Balaban J connectivity index is 2.46. The predicted molar refractivity (Wildman–Crippen MR) is 81.7 cm³/mol. The summed E-state index contributed by atoms with van der Waals surface area (Å²) in [6.45, 7) is 8.71. The average molecular weight is 264 g/mol. The van der Waals surface area contributed by atoms with E-state index >= 15 is 0 Å². The Hall–Kier alpha value is -1.06. The molecule has 0 saturated carbocycles. The summed E-state index contributed by atoms with van der Waals surface area (Å²) in [5, 5.41) is 3.47. The largest absolute Gasteiger partial charge is 0.497 e. The molecule has 3 nitrogen and oxygen atoms in total. The lowest BCUT2D eigenvalue weighted by Crippen LogP contribution is -2.36. The summed E-state index contributed by atoms with van der Waals surface area (Å²) >= 11 is 0. The minimum Gasteiger partial charge on any atom is -0.497 e. The number of methoxy groups -OCH3 is 1. The first kappa shape index (κ1) is 16.0. The first-order valence-electron chi connectivity index (χ1n) is 7.13. The maximum atomic E-state index is 5.18. The number of hydrogen-bond donors (Lipinski definition) is 1. The lowest BCUT2D eigenvalue weighted by atomic mass is 10.1. The number of benzene rings is 1. The highest BCUT2D eigenvalue weighted by Crippen LogP contribution is 2.14. The standard InChI is InChI=1S/C16H28N2O/c1-6-17-13(2)11-14(3)18(4)12-15-7-9-16(19-5)10-8-15/h7-10,13-14,17H,6,11-12H2,1-5H3. The molecule has 1 N–H and O–H groups in total. The van der Waals surface area contributed by atoms with Gasteiger partial charge in [-0.1, -0.05) is 19.1 Å². The molecule has 2 unspecified atom stereocenters. The summed E-state index contributed by atoms with van der Waals surface area (Å²) in [6, 6.07) is 9.45. The van der Waals surface area contributed by atoms with Crippen LogP contribution in [-0.2, 0) is 6.54 Å². The molecule has 1 rings (SSSR count). The number of rotatable bonds is 8. The van der Waals surface area contributed by atoms with Crippen molar-refractivity contribution in [3.05, 3.63) is 29.8 Å². The van der Waals surface area contributed by atoms with E-state index in [0.29, 0.717) is 12.1 Å². The van der Waals surface area contributed by atoms with Gasteiger partial charge in [-0.15, -0.1) is 0 Å². The fourth-order valence-corrected chi connectivity index (χ4v) is 2.30. The number of hydrogen-bond acceptors (Lipinski definition) is 3. The van der Waals surface area contributed by atoms with Crippen molar-refractivity contribution in [2.45, 2.75) is 45.8 Å². The molecule has 0 fully saturated rings. The molecule has 1 aromatic rings. The maximum absolute atomic E-state index is 5.18. The Bertz CT molecular complexity index is 350. The molecule has 19 heavy (non-hydrogen) atoms. The topological polar surface area (TPSA) is 24.5 Å². The van der Waals surface area contributed by atoms with E-state index in [4.69, 9.17) is 4.74 Å². The van der Waals surface area contributed by atoms with Crippen molar-refractivity contribution >= 4 is 0 Å². The van der Waals surface area contributed by atoms with E-state index in [0.717, 1.165) is 18.8 Å². The smallest absolute Gasteiger partial charge is 0.118 e. The molecular weight excluding hydrogens is 236 g/mol. The predicted octanol–water partition coefficient (Wildman–Crippen LogP) is 2.90. The van der Waals surface area contributed by atoms with E-state index in [1.807, 2.05) is 12.1 Å². The van der Waals surface area contributed by atoms with E-state index in [-0.39, 0.29) is 0 Å². The molecule has 2 atom stereocenters. The van der Waals surface area contributed by atoms with Gasteiger partial charge in [0, 0.05) is 18.6 Å². The van der Waals surface area contributed by atoms with Gasteiger partial charge in [-0.3, -0.25) is 4.90 Å². The molecule has 0 heterocycles. The number of ether oxygens (including phenoxy) is 1. The third kappa shape index (κ3) is 5.62. The molecule has 0 spiro atoms. The first-order chi connectivity index (χ1) is 9.06. The maximum Gasteiger partial charge on any atom is 0.118 e. The fraction of sp³-hybridized carbons (Fsp3) is 0.625. The zero-order chi connectivity index (χ0) is 14.3. The lowest BCUT2D eigenvalue weighted by Gasteiger charge is -2.27. The van der Waals surface area contributed by atoms with Gasteiger partial charge in [0.15, 0.2) is 0 Å². The Kier molecular flexibility index (Phi) is 6.89. The third-order valence-corrected chi connectivity index (χ3v) is 3.59. The van der Waals surface area contributed by atoms with Crippen LogP contribution in [0.1, 0.15) is 32.8 Å². The molecule has 0 radical (unpaired) electrons. The molecule has 0 aromatic heterocycles. The molecule has 0 aliphatic carbocycles. The highest BCUT2D eigenvalue weighted by atomic mass is 16.5. The van der Waals surface area contributed by atoms with Crippen molar-refractivity contribution in [1.82, 2.24) is 10.2 Å². The van der Waals surface area contributed by atoms with Crippen molar-refractivity contribution in [2.24, 2.45) is 0 Å². The highest BCUT2D eigenvalue weighted by Gasteiger charge is 2.13. The summed E-state index contributed by atoms with van der Waals surface area (Å²) < 4.78 is 5.18. The average Bonchev–Trinajstić information content (AvgIpc) is 2.39. The van der Waals surface area contributed by atoms with Gasteiger partial charge < -0.3 is 10.1 Å².